The van der Waals surface area contributed by atoms with Gasteiger partial charge in [0.25, 0.3) is 0 Å². The highest BCUT2D eigenvalue weighted by molar-refractivity contribution is 7.10. The smallest absolute Gasteiger partial charge is 0.410 e. The van der Waals surface area contributed by atoms with Crippen LogP contribution in [0.3, 0.4) is 0 Å². The largest absolute Gasteiger partial charge is 0.445 e. The highest BCUT2D eigenvalue weighted by Crippen LogP contribution is 2.14. The van der Waals surface area contributed by atoms with Crippen LogP contribution in [0.15, 0.2) is 47.8 Å². The van der Waals surface area contributed by atoms with E-state index in [1.165, 1.54) is 0 Å². The van der Waals surface area contributed by atoms with E-state index in [4.69, 9.17) is 4.74 Å². The van der Waals surface area contributed by atoms with E-state index in [1.807, 2.05) is 47.8 Å². The lowest BCUT2D eigenvalue weighted by atomic mass is 10.1. The number of rotatable bonds is 5. The van der Waals surface area contributed by atoms with Gasteiger partial charge < -0.3 is 15.0 Å². The molecule has 1 aromatic heterocycles. The van der Waals surface area contributed by atoms with Crippen molar-refractivity contribution >= 4 is 23.3 Å². The third kappa shape index (κ3) is 5.32. The zero-order valence-electron chi connectivity index (χ0n) is 14.0. The third-order valence-corrected chi connectivity index (χ3v) is 5.11. The summed E-state index contributed by atoms with van der Waals surface area (Å²) < 4.78 is 5.36. The van der Waals surface area contributed by atoms with Gasteiger partial charge in [-0.05, 0) is 29.9 Å². The molecular formula is C19H22N2O3S. The number of carbonyl (C=O) groups is 2. The predicted octanol–water partition coefficient (Wildman–Crippen LogP) is 3.21. The molecule has 132 valence electrons. The molecule has 0 saturated carbocycles. The Morgan fingerprint density at radius 3 is 2.56 bits per heavy atom. The van der Waals surface area contributed by atoms with Crippen LogP contribution in [-0.2, 0) is 22.6 Å². The molecule has 6 heteroatoms. The molecule has 2 amide bonds. The van der Waals surface area contributed by atoms with E-state index < -0.39 is 0 Å². The second kappa shape index (κ2) is 8.67. The first-order valence-corrected chi connectivity index (χ1v) is 9.36. The molecule has 1 N–H and O–H groups in total. The minimum absolute atomic E-state index is 0.0487. The molecule has 1 aliphatic heterocycles. The lowest BCUT2D eigenvalue weighted by Crippen LogP contribution is -2.47. The second-order valence-corrected chi connectivity index (χ2v) is 7.16. The van der Waals surface area contributed by atoms with Gasteiger partial charge in [-0.25, -0.2) is 4.79 Å². The zero-order chi connectivity index (χ0) is 17.5. The maximum atomic E-state index is 12.1. The normalized spacial score (nSPS) is 15.0. The van der Waals surface area contributed by atoms with Crippen LogP contribution in [0.25, 0.3) is 0 Å². The molecule has 0 bridgehead atoms. The van der Waals surface area contributed by atoms with Crippen molar-refractivity contribution in [3.63, 3.8) is 0 Å². The maximum absolute atomic E-state index is 12.1. The van der Waals surface area contributed by atoms with Gasteiger partial charge in [-0.15, -0.1) is 11.3 Å². The number of benzene rings is 1. The van der Waals surface area contributed by atoms with Gasteiger partial charge in [0, 0.05) is 24.0 Å². The summed E-state index contributed by atoms with van der Waals surface area (Å²) in [4.78, 5) is 27.0. The van der Waals surface area contributed by atoms with Crippen LogP contribution < -0.4 is 5.32 Å². The number of carbonyl (C=O) groups excluding carboxylic acids is 2. The van der Waals surface area contributed by atoms with Crippen molar-refractivity contribution in [2.24, 2.45) is 0 Å². The van der Waals surface area contributed by atoms with Gasteiger partial charge in [0.15, 0.2) is 0 Å². The summed E-state index contributed by atoms with van der Waals surface area (Å²) in [5.74, 6) is 0.0487. The van der Waals surface area contributed by atoms with E-state index in [0.717, 1.165) is 23.3 Å². The molecular weight excluding hydrogens is 336 g/mol. The molecule has 1 saturated heterocycles. The highest BCUT2D eigenvalue weighted by atomic mass is 32.1. The van der Waals surface area contributed by atoms with E-state index in [0.29, 0.717) is 19.5 Å². The Labute approximate surface area is 151 Å². The van der Waals surface area contributed by atoms with Crippen LogP contribution in [0.5, 0.6) is 0 Å². The molecule has 0 aliphatic carbocycles. The summed E-state index contributed by atoms with van der Waals surface area (Å²) in [6.45, 7) is 1.51. The minimum atomic E-state index is -0.285. The fraction of sp³-hybridized carbons (Fsp3) is 0.368. The number of nitrogens with one attached hydrogen (secondary N) is 1. The third-order valence-electron chi connectivity index (χ3n) is 4.24. The number of piperidine rings is 1. The van der Waals surface area contributed by atoms with Crippen LogP contribution in [0.2, 0.25) is 0 Å². The Hall–Kier alpha value is -2.34. The first-order chi connectivity index (χ1) is 12.2. The lowest BCUT2D eigenvalue weighted by Gasteiger charge is -2.31. The number of hydrogen-bond donors (Lipinski definition) is 1. The van der Waals surface area contributed by atoms with Crippen LogP contribution >= 0.6 is 11.3 Å². The molecule has 2 aromatic rings. The Kier molecular flexibility index (Phi) is 6.06. The van der Waals surface area contributed by atoms with Gasteiger partial charge in [-0.3, -0.25) is 4.79 Å². The van der Waals surface area contributed by atoms with Crippen molar-refractivity contribution in [2.75, 3.05) is 13.1 Å². The van der Waals surface area contributed by atoms with E-state index >= 15 is 0 Å². The van der Waals surface area contributed by atoms with Crippen molar-refractivity contribution in [3.05, 3.63) is 58.3 Å². The summed E-state index contributed by atoms with van der Waals surface area (Å²) in [7, 11) is 0. The molecule has 0 atom stereocenters. The van der Waals surface area contributed by atoms with Gasteiger partial charge in [-0.1, -0.05) is 36.4 Å². The Balaban J connectivity index is 1.37. The summed E-state index contributed by atoms with van der Waals surface area (Å²) >= 11 is 1.59. The Morgan fingerprint density at radius 1 is 1.12 bits per heavy atom. The molecule has 2 heterocycles. The average molecular weight is 358 g/mol. The number of ether oxygens (including phenoxy) is 1. The van der Waals surface area contributed by atoms with E-state index in [9.17, 15) is 9.59 Å². The van der Waals surface area contributed by atoms with Gasteiger partial charge in [0.2, 0.25) is 5.91 Å². The van der Waals surface area contributed by atoms with Crippen molar-refractivity contribution in [2.45, 2.75) is 31.9 Å². The van der Waals surface area contributed by atoms with Gasteiger partial charge in [0.1, 0.15) is 6.61 Å². The second-order valence-electron chi connectivity index (χ2n) is 6.13. The van der Waals surface area contributed by atoms with Gasteiger partial charge in [-0.2, -0.15) is 0 Å². The summed E-state index contributed by atoms with van der Waals surface area (Å²) in [6, 6.07) is 13.7. The van der Waals surface area contributed by atoms with Gasteiger partial charge in [0.05, 0.1) is 6.42 Å². The zero-order valence-corrected chi connectivity index (χ0v) is 14.8. The molecule has 1 aromatic carbocycles. The van der Waals surface area contributed by atoms with E-state index in [-0.39, 0.29) is 24.6 Å². The van der Waals surface area contributed by atoms with E-state index in [2.05, 4.69) is 5.32 Å². The monoisotopic (exact) mass is 358 g/mol. The molecule has 1 aliphatic rings. The quantitative estimate of drug-likeness (QED) is 0.893. The van der Waals surface area contributed by atoms with Crippen LogP contribution in [-0.4, -0.2) is 36.0 Å². The van der Waals surface area contributed by atoms with Crippen molar-refractivity contribution < 1.29 is 14.3 Å². The van der Waals surface area contributed by atoms with Crippen LogP contribution in [0.1, 0.15) is 23.3 Å². The van der Waals surface area contributed by atoms with Crippen LogP contribution in [0, 0.1) is 0 Å². The SMILES string of the molecule is O=C(Cc1cccs1)NC1CCN(C(=O)OCc2ccccc2)CC1. The average Bonchev–Trinajstić information content (AvgIpc) is 3.14. The van der Waals surface area contributed by atoms with Gasteiger partial charge >= 0.3 is 6.09 Å². The highest BCUT2D eigenvalue weighted by Gasteiger charge is 2.24. The maximum Gasteiger partial charge on any atom is 0.410 e. The van der Waals surface area contributed by atoms with Crippen LogP contribution in [0.4, 0.5) is 4.79 Å². The van der Waals surface area contributed by atoms with E-state index in [1.54, 1.807) is 16.2 Å². The topological polar surface area (TPSA) is 58.6 Å². The number of thiophene rings is 1. The number of likely N-dealkylation sites (tertiary alicyclic amines) is 1. The number of nitrogens with zero attached hydrogens (tertiary/aromatic N) is 1. The number of amides is 2. The fourth-order valence-corrected chi connectivity index (χ4v) is 3.57. The molecule has 25 heavy (non-hydrogen) atoms. The summed E-state index contributed by atoms with van der Waals surface area (Å²) in [6.07, 6.45) is 1.66. The fourth-order valence-electron chi connectivity index (χ4n) is 2.87. The first-order valence-electron chi connectivity index (χ1n) is 8.48. The molecule has 5 nitrogen and oxygen atoms in total. The lowest BCUT2D eigenvalue weighted by molar-refractivity contribution is -0.121. The molecule has 1 fully saturated rings. The Bertz CT molecular complexity index is 680. The minimum Gasteiger partial charge on any atom is -0.445 e. The molecule has 0 spiro atoms. The predicted molar refractivity (Wildman–Crippen MR) is 97.4 cm³/mol. The van der Waals surface area contributed by atoms with Crippen molar-refractivity contribution in [1.82, 2.24) is 10.2 Å². The standard InChI is InChI=1S/C19H22N2O3S/c22-18(13-17-7-4-12-25-17)20-16-8-10-21(11-9-16)19(23)24-14-15-5-2-1-3-6-15/h1-7,12,16H,8-11,13-14H2,(H,20,22). The molecule has 3 rings (SSSR count). The summed E-state index contributed by atoms with van der Waals surface area (Å²) in [5.41, 5.74) is 0.978. The first kappa shape index (κ1) is 17.5. The Morgan fingerprint density at radius 2 is 1.88 bits per heavy atom. The van der Waals surface area contributed by atoms with Crippen molar-refractivity contribution in [3.8, 4) is 0 Å². The molecule has 0 unspecified atom stereocenters. The summed E-state index contributed by atoms with van der Waals surface area (Å²) in [5, 5.41) is 5.04. The van der Waals surface area contributed by atoms with Crippen molar-refractivity contribution in [1.29, 1.82) is 0 Å². The molecule has 0 radical (unpaired) electrons. The number of hydrogen-bond acceptors (Lipinski definition) is 4.